The maximum absolute atomic E-state index is 5.94. The predicted octanol–water partition coefficient (Wildman–Crippen LogP) is 2.47. The Morgan fingerprint density at radius 1 is 1.39 bits per heavy atom. The molecule has 2 aromatic heterocycles. The fourth-order valence-electron chi connectivity index (χ4n) is 2.48. The molecule has 1 fully saturated rings. The van der Waals surface area contributed by atoms with Gasteiger partial charge in [0.05, 0.1) is 6.04 Å². The van der Waals surface area contributed by atoms with Crippen molar-refractivity contribution in [1.82, 2.24) is 20.0 Å². The van der Waals surface area contributed by atoms with Crippen LogP contribution in [0.1, 0.15) is 25.8 Å². The van der Waals surface area contributed by atoms with Crippen LogP contribution in [0.25, 0.3) is 11.2 Å². The first-order valence-corrected chi connectivity index (χ1v) is 6.58. The Balaban J connectivity index is 1.95. The second-order valence-corrected chi connectivity index (χ2v) is 5.09. The van der Waals surface area contributed by atoms with Crippen molar-refractivity contribution in [2.24, 2.45) is 5.92 Å². The van der Waals surface area contributed by atoms with E-state index in [0.717, 1.165) is 37.2 Å². The minimum Gasteiger partial charge on any atom is -0.381 e. The van der Waals surface area contributed by atoms with Crippen molar-refractivity contribution in [2.45, 2.75) is 25.8 Å². The van der Waals surface area contributed by atoms with Crippen molar-refractivity contribution in [1.29, 1.82) is 0 Å². The van der Waals surface area contributed by atoms with Gasteiger partial charge in [-0.1, -0.05) is 16.8 Å². The molecule has 6 heteroatoms. The predicted molar refractivity (Wildman–Crippen MR) is 68.6 cm³/mol. The first-order valence-electron chi connectivity index (χ1n) is 6.21. The van der Waals surface area contributed by atoms with Crippen LogP contribution in [0.5, 0.6) is 0 Å². The molecule has 1 atom stereocenters. The number of aromatic nitrogens is 4. The number of rotatable bonds is 2. The summed E-state index contributed by atoms with van der Waals surface area (Å²) < 4.78 is 7.28. The zero-order chi connectivity index (χ0) is 12.5. The lowest BCUT2D eigenvalue weighted by molar-refractivity contribution is 0.0498. The molecule has 1 aliphatic rings. The number of hydrogen-bond donors (Lipinski definition) is 0. The molecule has 0 amide bonds. The molecule has 3 heterocycles. The third-order valence-electron chi connectivity index (χ3n) is 3.62. The number of pyridine rings is 1. The molecule has 0 spiro atoms. The zero-order valence-electron chi connectivity index (χ0n) is 10.2. The van der Waals surface area contributed by atoms with E-state index in [1.807, 2.05) is 10.7 Å². The minimum absolute atomic E-state index is 0.268. The van der Waals surface area contributed by atoms with Gasteiger partial charge in [0.2, 0.25) is 0 Å². The van der Waals surface area contributed by atoms with Crippen LogP contribution in [0.4, 0.5) is 0 Å². The number of fused-ring (bicyclic) bond motifs is 1. The smallest absolute Gasteiger partial charge is 0.180 e. The second-order valence-electron chi connectivity index (χ2n) is 4.70. The summed E-state index contributed by atoms with van der Waals surface area (Å²) >= 11 is 5.94. The second kappa shape index (κ2) is 4.82. The van der Waals surface area contributed by atoms with Crippen molar-refractivity contribution in [3.8, 4) is 0 Å². The SMILES string of the molecule is C[C@@H](C1CCOCC1)n1nnc2ccc(Cl)nc21. The highest BCUT2D eigenvalue weighted by Crippen LogP contribution is 2.28. The molecule has 0 aliphatic carbocycles. The number of hydrogen-bond acceptors (Lipinski definition) is 4. The maximum atomic E-state index is 5.94. The van der Waals surface area contributed by atoms with Crippen LogP contribution in [0.3, 0.4) is 0 Å². The molecule has 1 aliphatic heterocycles. The molecule has 1 saturated heterocycles. The Kier molecular flexibility index (Phi) is 3.18. The Hall–Kier alpha value is -1.20. The van der Waals surface area contributed by atoms with Crippen molar-refractivity contribution in [3.05, 3.63) is 17.3 Å². The van der Waals surface area contributed by atoms with Gasteiger partial charge < -0.3 is 4.74 Å². The van der Waals surface area contributed by atoms with Crippen LogP contribution < -0.4 is 0 Å². The molecule has 3 rings (SSSR count). The molecule has 0 bridgehead atoms. The number of nitrogens with zero attached hydrogens (tertiary/aromatic N) is 4. The highest BCUT2D eigenvalue weighted by molar-refractivity contribution is 6.29. The van der Waals surface area contributed by atoms with E-state index in [2.05, 4.69) is 22.2 Å². The lowest BCUT2D eigenvalue weighted by atomic mass is 9.93. The van der Waals surface area contributed by atoms with Gasteiger partial charge in [-0.3, -0.25) is 0 Å². The van der Waals surface area contributed by atoms with Gasteiger partial charge in [0.15, 0.2) is 5.65 Å². The molecular formula is C12H15ClN4O. The molecule has 2 aromatic rings. The third kappa shape index (κ3) is 2.08. The monoisotopic (exact) mass is 266 g/mol. The summed E-state index contributed by atoms with van der Waals surface area (Å²) in [5, 5.41) is 8.83. The van der Waals surface area contributed by atoms with E-state index < -0.39 is 0 Å². The lowest BCUT2D eigenvalue weighted by Gasteiger charge is -2.27. The van der Waals surface area contributed by atoms with Crippen LogP contribution in [0.15, 0.2) is 12.1 Å². The third-order valence-corrected chi connectivity index (χ3v) is 3.83. The van der Waals surface area contributed by atoms with Gasteiger partial charge in [-0.05, 0) is 37.8 Å². The number of ether oxygens (including phenoxy) is 1. The van der Waals surface area contributed by atoms with E-state index in [-0.39, 0.29) is 6.04 Å². The summed E-state index contributed by atoms with van der Waals surface area (Å²) in [6, 6.07) is 3.86. The van der Waals surface area contributed by atoms with E-state index in [9.17, 15) is 0 Å². The highest BCUT2D eigenvalue weighted by Gasteiger charge is 2.24. The normalized spacial score (nSPS) is 19.2. The average molecular weight is 267 g/mol. The Morgan fingerprint density at radius 2 is 2.17 bits per heavy atom. The van der Waals surface area contributed by atoms with Gasteiger partial charge in [0.1, 0.15) is 10.7 Å². The molecule has 96 valence electrons. The minimum atomic E-state index is 0.268. The van der Waals surface area contributed by atoms with Gasteiger partial charge in [0.25, 0.3) is 0 Å². The van der Waals surface area contributed by atoms with Gasteiger partial charge in [-0.2, -0.15) is 0 Å². The van der Waals surface area contributed by atoms with Gasteiger partial charge >= 0.3 is 0 Å². The molecule has 0 unspecified atom stereocenters. The Morgan fingerprint density at radius 3 is 2.94 bits per heavy atom. The largest absolute Gasteiger partial charge is 0.381 e. The van der Waals surface area contributed by atoms with E-state index in [1.165, 1.54) is 0 Å². The summed E-state index contributed by atoms with van der Waals surface area (Å²) in [6.45, 7) is 3.82. The van der Waals surface area contributed by atoms with Gasteiger partial charge in [-0.15, -0.1) is 5.10 Å². The van der Waals surface area contributed by atoms with Crippen LogP contribution in [-0.4, -0.2) is 33.2 Å². The van der Waals surface area contributed by atoms with E-state index in [1.54, 1.807) is 6.07 Å². The summed E-state index contributed by atoms with van der Waals surface area (Å²) in [7, 11) is 0. The molecular weight excluding hydrogens is 252 g/mol. The van der Waals surface area contributed by atoms with Crippen LogP contribution in [0.2, 0.25) is 5.15 Å². The number of halogens is 1. The average Bonchev–Trinajstić information content (AvgIpc) is 2.82. The van der Waals surface area contributed by atoms with Crippen molar-refractivity contribution in [3.63, 3.8) is 0 Å². The fraction of sp³-hybridized carbons (Fsp3) is 0.583. The Bertz CT molecular complexity index is 550. The molecule has 5 nitrogen and oxygen atoms in total. The molecule has 18 heavy (non-hydrogen) atoms. The molecule has 0 N–H and O–H groups in total. The van der Waals surface area contributed by atoms with Gasteiger partial charge in [-0.25, -0.2) is 9.67 Å². The van der Waals surface area contributed by atoms with Crippen LogP contribution >= 0.6 is 11.6 Å². The first-order chi connectivity index (χ1) is 8.75. The highest BCUT2D eigenvalue weighted by atomic mass is 35.5. The molecule has 0 saturated carbocycles. The Labute approximate surface area is 110 Å². The zero-order valence-corrected chi connectivity index (χ0v) is 11.0. The maximum Gasteiger partial charge on any atom is 0.180 e. The fourth-order valence-corrected chi connectivity index (χ4v) is 2.62. The van der Waals surface area contributed by atoms with E-state index in [0.29, 0.717) is 11.1 Å². The molecule has 0 radical (unpaired) electrons. The van der Waals surface area contributed by atoms with Crippen molar-refractivity contribution >= 4 is 22.8 Å². The van der Waals surface area contributed by atoms with Crippen LogP contribution in [0, 0.1) is 5.92 Å². The molecule has 0 aromatic carbocycles. The van der Waals surface area contributed by atoms with Crippen molar-refractivity contribution < 1.29 is 4.74 Å². The summed E-state index contributed by atoms with van der Waals surface area (Å²) in [5.74, 6) is 0.560. The van der Waals surface area contributed by atoms with Crippen LogP contribution in [-0.2, 0) is 4.74 Å². The van der Waals surface area contributed by atoms with Gasteiger partial charge in [0, 0.05) is 13.2 Å². The summed E-state index contributed by atoms with van der Waals surface area (Å²) in [4.78, 5) is 4.32. The first kappa shape index (κ1) is 11.9. The standard InChI is InChI=1S/C12H15ClN4O/c1-8(9-4-6-18-7-5-9)17-12-10(15-16-17)2-3-11(13)14-12/h2-3,8-9H,4-7H2,1H3/t8-/m0/s1. The lowest BCUT2D eigenvalue weighted by Crippen LogP contribution is -2.25. The van der Waals surface area contributed by atoms with E-state index >= 15 is 0 Å². The topological polar surface area (TPSA) is 52.8 Å². The van der Waals surface area contributed by atoms with E-state index in [4.69, 9.17) is 16.3 Å². The quantitative estimate of drug-likeness (QED) is 0.784. The van der Waals surface area contributed by atoms with Crippen molar-refractivity contribution in [2.75, 3.05) is 13.2 Å². The summed E-state index contributed by atoms with van der Waals surface area (Å²) in [6.07, 6.45) is 2.12. The summed E-state index contributed by atoms with van der Waals surface area (Å²) in [5.41, 5.74) is 1.56.